The van der Waals surface area contributed by atoms with Crippen LogP contribution in [0.2, 0.25) is 0 Å². The molecule has 0 unspecified atom stereocenters. The molecule has 2 rings (SSSR count). The maximum absolute atomic E-state index is 12.3. The third-order valence-electron chi connectivity index (χ3n) is 3.35. The fourth-order valence-corrected chi connectivity index (χ4v) is 3.75. The molecule has 0 spiro atoms. The zero-order valence-electron chi connectivity index (χ0n) is 12.7. The Balaban J connectivity index is 2.14. The summed E-state index contributed by atoms with van der Waals surface area (Å²) in [6.45, 7) is 4.07. The fraction of sp³-hybridized carbons (Fsp3) is 0.333. The lowest BCUT2D eigenvalue weighted by Gasteiger charge is -2.12. The molecule has 0 saturated carbocycles. The van der Waals surface area contributed by atoms with E-state index >= 15 is 0 Å². The summed E-state index contributed by atoms with van der Waals surface area (Å²) in [5.74, 6) is -0.435. The number of thiocarbonyl (C=S) groups is 1. The van der Waals surface area contributed by atoms with Gasteiger partial charge in [0.25, 0.3) is 16.0 Å². The summed E-state index contributed by atoms with van der Waals surface area (Å²) in [7, 11) is -4.13. The number of hydrogen-bond donors (Lipinski definition) is 1. The van der Waals surface area contributed by atoms with Crippen LogP contribution in [-0.2, 0) is 14.9 Å². The average molecular weight is 372 g/mol. The minimum atomic E-state index is -4.13. The number of rotatable bonds is 5. The Kier molecular flexibility index (Phi) is 5.61. The fourth-order valence-electron chi connectivity index (χ4n) is 2.03. The van der Waals surface area contributed by atoms with E-state index in [0.717, 1.165) is 17.3 Å². The minimum Gasteiger partial charge on any atom is -0.292 e. The normalized spacial score (nSPS) is 17.6. The van der Waals surface area contributed by atoms with E-state index < -0.39 is 15.9 Å². The van der Waals surface area contributed by atoms with Crippen LogP contribution in [0.15, 0.2) is 29.2 Å². The number of carbonyl (C=O) groups excluding carboxylic acids is 1. The van der Waals surface area contributed by atoms with Crippen molar-refractivity contribution in [3.05, 3.63) is 40.3 Å². The van der Waals surface area contributed by atoms with Gasteiger partial charge >= 0.3 is 0 Å². The lowest BCUT2D eigenvalue weighted by molar-refractivity contribution is -0.121. The summed E-state index contributed by atoms with van der Waals surface area (Å²) in [6, 6.07) is 7.88. The van der Waals surface area contributed by atoms with Gasteiger partial charge in [0.2, 0.25) is 0 Å². The van der Waals surface area contributed by atoms with Gasteiger partial charge in [0.05, 0.1) is 10.7 Å². The summed E-state index contributed by atoms with van der Waals surface area (Å²) in [5, 5.41) is 0. The van der Waals surface area contributed by atoms with E-state index in [1.165, 1.54) is 10.5 Å². The van der Waals surface area contributed by atoms with E-state index in [1.807, 2.05) is 24.3 Å². The van der Waals surface area contributed by atoms with Crippen molar-refractivity contribution in [2.75, 3.05) is 12.3 Å². The average Bonchev–Trinajstić information content (AvgIpc) is 2.71. The Bertz CT molecular complexity index is 751. The van der Waals surface area contributed by atoms with E-state index in [-0.39, 0.29) is 12.5 Å². The molecule has 1 aliphatic heterocycles. The molecule has 1 aliphatic rings. The van der Waals surface area contributed by atoms with Crippen LogP contribution in [0.1, 0.15) is 30.9 Å². The van der Waals surface area contributed by atoms with Crippen LogP contribution >= 0.6 is 24.0 Å². The van der Waals surface area contributed by atoms with E-state index in [4.69, 9.17) is 16.8 Å². The molecule has 8 heteroatoms. The molecule has 1 amide bonds. The lowest BCUT2D eigenvalue weighted by atomic mass is 10.0. The van der Waals surface area contributed by atoms with Crippen LogP contribution in [0, 0.1) is 0 Å². The predicted molar refractivity (Wildman–Crippen MR) is 96.8 cm³/mol. The first kappa shape index (κ1) is 18.1. The first-order valence-corrected chi connectivity index (χ1v) is 9.81. The van der Waals surface area contributed by atoms with Crippen LogP contribution in [-0.4, -0.2) is 40.4 Å². The largest absolute Gasteiger partial charge is 0.292 e. The van der Waals surface area contributed by atoms with E-state index in [1.54, 1.807) is 6.08 Å². The van der Waals surface area contributed by atoms with Gasteiger partial charge in [-0.25, -0.2) is 0 Å². The van der Waals surface area contributed by atoms with Gasteiger partial charge in [-0.3, -0.25) is 14.2 Å². The quantitative estimate of drug-likeness (QED) is 0.487. The van der Waals surface area contributed by atoms with E-state index in [0.29, 0.717) is 15.1 Å². The van der Waals surface area contributed by atoms with Gasteiger partial charge < -0.3 is 0 Å². The molecule has 5 nitrogen and oxygen atoms in total. The predicted octanol–water partition coefficient (Wildman–Crippen LogP) is 2.90. The number of carbonyl (C=O) groups is 1. The Hall–Kier alpha value is -1.22. The second-order valence-electron chi connectivity index (χ2n) is 5.44. The van der Waals surface area contributed by atoms with Crippen molar-refractivity contribution in [1.29, 1.82) is 0 Å². The second-order valence-corrected chi connectivity index (χ2v) is 8.69. The smallest absolute Gasteiger partial charge is 0.266 e. The highest BCUT2D eigenvalue weighted by atomic mass is 32.2. The molecular weight excluding hydrogens is 354 g/mol. The number of amides is 1. The molecule has 0 bridgehead atoms. The zero-order chi connectivity index (χ0) is 17.2. The molecule has 23 heavy (non-hydrogen) atoms. The molecule has 1 aromatic carbocycles. The van der Waals surface area contributed by atoms with E-state index in [9.17, 15) is 13.2 Å². The van der Waals surface area contributed by atoms with Crippen molar-refractivity contribution in [1.82, 2.24) is 4.90 Å². The van der Waals surface area contributed by atoms with Crippen molar-refractivity contribution in [2.24, 2.45) is 0 Å². The molecular formula is C15H17NO4S3. The number of nitrogens with zero attached hydrogens (tertiary/aromatic N) is 1. The molecule has 1 aromatic rings. The van der Waals surface area contributed by atoms with Crippen molar-refractivity contribution >= 4 is 50.4 Å². The molecule has 124 valence electrons. The molecule has 1 N–H and O–H groups in total. The Morgan fingerprint density at radius 1 is 1.30 bits per heavy atom. The molecule has 0 aliphatic carbocycles. The Labute approximate surface area is 145 Å². The SMILES string of the molecule is CC(C)c1ccc(C=C2SC(=S)N(CCS(=O)(=O)O)C2=O)cc1. The Morgan fingerprint density at radius 3 is 2.43 bits per heavy atom. The Morgan fingerprint density at radius 2 is 1.91 bits per heavy atom. The maximum atomic E-state index is 12.3. The van der Waals surface area contributed by atoms with Crippen LogP contribution in [0.3, 0.4) is 0 Å². The van der Waals surface area contributed by atoms with Crippen molar-refractivity contribution < 1.29 is 17.8 Å². The first-order chi connectivity index (χ1) is 10.7. The zero-order valence-corrected chi connectivity index (χ0v) is 15.2. The molecule has 0 radical (unpaired) electrons. The van der Waals surface area contributed by atoms with Gasteiger partial charge in [0.15, 0.2) is 0 Å². The molecule has 1 heterocycles. The van der Waals surface area contributed by atoms with Crippen LogP contribution < -0.4 is 0 Å². The lowest BCUT2D eigenvalue weighted by Crippen LogP contribution is -2.32. The van der Waals surface area contributed by atoms with Crippen molar-refractivity contribution in [3.63, 3.8) is 0 Å². The third kappa shape index (κ3) is 4.87. The number of hydrogen-bond acceptors (Lipinski definition) is 5. The highest BCUT2D eigenvalue weighted by molar-refractivity contribution is 8.26. The third-order valence-corrected chi connectivity index (χ3v) is 5.42. The highest BCUT2D eigenvalue weighted by Gasteiger charge is 2.32. The summed E-state index contributed by atoms with van der Waals surface area (Å²) in [6.07, 6.45) is 1.73. The van der Waals surface area contributed by atoms with Gasteiger partial charge in [-0.15, -0.1) is 0 Å². The summed E-state index contributed by atoms with van der Waals surface area (Å²) >= 11 is 6.24. The van der Waals surface area contributed by atoms with Crippen molar-refractivity contribution in [3.8, 4) is 0 Å². The minimum absolute atomic E-state index is 0.146. The number of thioether (sulfide) groups is 1. The standard InChI is InChI=1S/C15H17NO4S3/c1-10(2)12-5-3-11(4-6-12)9-13-14(17)16(15(21)22-13)7-8-23(18,19)20/h3-6,9-10H,7-8H2,1-2H3,(H,18,19,20). The monoisotopic (exact) mass is 371 g/mol. The first-order valence-electron chi connectivity index (χ1n) is 6.98. The summed E-state index contributed by atoms with van der Waals surface area (Å²) < 4.78 is 30.7. The molecule has 1 fully saturated rings. The van der Waals surface area contributed by atoms with Gasteiger partial charge in [-0.1, -0.05) is 62.1 Å². The topological polar surface area (TPSA) is 74.7 Å². The van der Waals surface area contributed by atoms with Gasteiger partial charge in [-0.05, 0) is 23.1 Å². The van der Waals surface area contributed by atoms with Crippen molar-refractivity contribution in [2.45, 2.75) is 19.8 Å². The summed E-state index contributed by atoms with van der Waals surface area (Å²) in [5.41, 5.74) is 2.09. The summed E-state index contributed by atoms with van der Waals surface area (Å²) in [4.78, 5) is 13.9. The van der Waals surface area contributed by atoms with Gasteiger partial charge in [0.1, 0.15) is 4.32 Å². The molecule has 0 atom stereocenters. The van der Waals surface area contributed by atoms with Crippen LogP contribution in [0.5, 0.6) is 0 Å². The maximum Gasteiger partial charge on any atom is 0.266 e. The second kappa shape index (κ2) is 7.12. The van der Waals surface area contributed by atoms with Crippen LogP contribution in [0.25, 0.3) is 6.08 Å². The molecule has 1 saturated heterocycles. The van der Waals surface area contributed by atoms with Crippen LogP contribution in [0.4, 0.5) is 0 Å². The highest BCUT2D eigenvalue weighted by Crippen LogP contribution is 2.32. The van der Waals surface area contributed by atoms with Gasteiger partial charge in [0, 0.05) is 6.54 Å². The number of benzene rings is 1. The molecule has 0 aromatic heterocycles. The van der Waals surface area contributed by atoms with E-state index in [2.05, 4.69) is 13.8 Å². The van der Waals surface area contributed by atoms with Gasteiger partial charge in [-0.2, -0.15) is 8.42 Å².